The number of methoxy groups -OCH3 is 2. The van der Waals surface area contributed by atoms with Gasteiger partial charge in [0.1, 0.15) is 6.67 Å². The first-order chi connectivity index (χ1) is 17.0. The Labute approximate surface area is 203 Å². The van der Waals surface area contributed by atoms with Gasteiger partial charge >= 0.3 is 0 Å². The Morgan fingerprint density at radius 2 is 1.49 bits per heavy atom. The molecule has 1 aliphatic carbocycles. The van der Waals surface area contributed by atoms with Gasteiger partial charge in [-0.25, -0.2) is 0 Å². The van der Waals surface area contributed by atoms with Crippen molar-refractivity contribution < 1.29 is 19.4 Å². The molecule has 1 N–H and O–H groups in total. The van der Waals surface area contributed by atoms with Gasteiger partial charge < -0.3 is 19.5 Å². The number of ether oxygens (including phenoxy) is 2. The highest BCUT2D eigenvalue weighted by molar-refractivity contribution is 5.96. The number of carbonyl (C=O) groups is 1. The van der Waals surface area contributed by atoms with E-state index < -0.39 is 23.1 Å². The normalized spacial score (nSPS) is 15.6. The molecule has 3 aromatic rings. The number of hydrogen-bond acceptors (Lipinski definition) is 6. The molecule has 1 amide bonds. The number of fused-ring (bicyclic) bond motifs is 3. The van der Waals surface area contributed by atoms with Gasteiger partial charge in [-0.05, 0) is 35.1 Å². The lowest BCUT2D eigenvalue weighted by molar-refractivity contribution is 0.0204. The summed E-state index contributed by atoms with van der Waals surface area (Å²) in [6, 6.07) is 17.3. The summed E-state index contributed by atoms with van der Waals surface area (Å²) in [6.45, 7) is 0.727. The summed E-state index contributed by atoms with van der Waals surface area (Å²) in [5.74, 6) is -0.998. The van der Waals surface area contributed by atoms with E-state index >= 15 is 0 Å². The third-order valence-corrected chi connectivity index (χ3v) is 6.91. The standard InChI is InChI=1S/C27H29N3O5/c1-34-15-20(16-35-2)28-17-30(29-14-13-23(31)26(32)25(29)27(28)33)24-21-9-5-3-7-18(21)11-12-19-8-4-6-10-22(19)24/h3-10,13-14,20,24,32H,11-12,15-17H2,1-2H3. The second-order valence-electron chi connectivity index (χ2n) is 8.94. The number of benzene rings is 2. The van der Waals surface area contributed by atoms with E-state index in [1.54, 1.807) is 30.0 Å². The summed E-state index contributed by atoms with van der Waals surface area (Å²) in [4.78, 5) is 27.7. The molecule has 0 fully saturated rings. The molecule has 8 heteroatoms. The number of aromatic hydroxyl groups is 1. The molecular formula is C27H29N3O5. The lowest BCUT2D eigenvalue weighted by Crippen LogP contribution is -2.59. The first-order valence-electron chi connectivity index (χ1n) is 11.7. The van der Waals surface area contributed by atoms with Crippen LogP contribution < -0.4 is 10.4 Å². The Hall–Kier alpha value is -3.62. The highest BCUT2D eigenvalue weighted by Gasteiger charge is 2.40. The molecular weight excluding hydrogens is 446 g/mol. The number of aryl methyl sites for hydroxylation is 2. The van der Waals surface area contributed by atoms with Crippen molar-refractivity contribution in [2.45, 2.75) is 24.9 Å². The van der Waals surface area contributed by atoms with Crippen LogP contribution in [0.2, 0.25) is 0 Å². The minimum atomic E-state index is -0.594. The Morgan fingerprint density at radius 1 is 0.914 bits per heavy atom. The minimum absolute atomic E-state index is 0.0554. The second kappa shape index (κ2) is 9.56. The maximum atomic E-state index is 13.6. The molecule has 0 spiro atoms. The van der Waals surface area contributed by atoms with Gasteiger partial charge in [-0.15, -0.1) is 0 Å². The zero-order valence-corrected chi connectivity index (χ0v) is 19.9. The SMILES string of the molecule is COCC(COC)N1CN(C2c3ccccc3CCc3ccccc32)n2ccc(=O)c(O)c2C1=O. The van der Waals surface area contributed by atoms with E-state index in [2.05, 4.69) is 24.3 Å². The van der Waals surface area contributed by atoms with Crippen molar-refractivity contribution in [2.24, 2.45) is 0 Å². The largest absolute Gasteiger partial charge is 0.502 e. The topological polar surface area (TPSA) is 84.2 Å². The van der Waals surface area contributed by atoms with Crippen LogP contribution in [0.4, 0.5) is 0 Å². The van der Waals surface area contributed by atoms with Gasteiger partial charge in [0.05, 0.1) is 25.3 Å². The summed E-state index contributed by atoms with van der Waals surface area (Å²) in [7, 11) is 3.14. The quantitative estimate of drug-likeness (QED) is 0.590. The summed E-state index contributed by atoms with van der Waals surface area (Å²) in [5.41, 5.74) is 4.07. The van der Waals surface area contributed by atoms with Gasteiger partial charge in [-0.3, -0.25) is 19.3 Å². The molecule has 0 saturated carbocycles. The first kappa shape index (κ1) is 23.1. The van der Waals surface area contributed by atoms with Crippen LogP contribution >= 0.6 is 0 Å². The van der Waals surface area contributed by atoms with Crippen molar-refractivity contribution in [1.29, 1.82) is 0 Å². The van der Waals surface area contributed by atoms with Gasteiger partial charge in [0.2, 0.25) is 5.43 Å². The molecule has 35 heavy (non-hydrogen) atoms. The van der Waals surface area contributed by atoms with Crippen LogP contribution in [0.1, 0.15) is 38.8 Å². The predicted octanol–water partition coefficient (Wildman–Crippen LogP) is 2.45. The highest BCUT2D eigenvalue weighted by Crippen LogP contribution is 2.38. The van der Waals surface area contributed by atoms with Crippen LogP contribution in [-0.4, -0.2) is 60.7 Å². The van der Waals surface area contributed by atoms with Crippen molar-refractivity contribution in [3.05, 3.63) is 99.0 Å². The van der Waals surface area contributed by atoms with Gasteiger partial charge in [0.25, 0.3) is 5.91 Å². The van der Waals surface area contributed by atoms with Gasteiger partial charge in [0, 0.05) is 26.5 Å². The molecule has 1 aliphatic heterocycles. The maximum absolute atomic E-state index is 13.6. The average Bonchev–Trinajstić information content (AvgIpc) is 3.03. The smallest absolute Gasteiger partial charge is 0.278 e. The molecule has 1 aromatic heterocycles. The molecule has 0 unspecified atom stereocenters. The molecule has 2 aliphatic rings. The van der Waals surface area contributed by atoms with E-state index in [0.717, 1.165) is 24.0 Å². The number of rotatable bonds is 6. The molecule has 0 radical (unpaired) electrons. The summed E-state index contributed by atoms with van der Waals surface area (Å²) >= 11 is 0. The van der Waals surface area contributed by atoms with Crippen LogP contribution in [0.25, 0.3) is 0 Å². The second-order valence-corrected chi connectivity index (χ2v) is 8.94. The fraction of sp³-hybridized carbons (Fsp3) is 0.333. The number of hydrogen-bond donors (Lipinski definition) is 1. The van der Waals surface area contributed by atoms with Crippen molar-refractivity contribution in [3.63, 3.8) is 0 Å². The van der Waals surface area contributed by atoms with E-state index in [9.17, 15) is 14.7 Å². The Kier molecular flexibility index (Phi) is 6.32. The van der Waals surface area contributed by atoms with E-state index in [0.29, 0.717) is 0 Å². The Morgan fingerprint density at radius 3 is 2.06 bits per heavy atom. The fourth-order valence-corrected chi connectivity index (χ4v) is 5.27. The molecule has 5 rings (SSSR count). The van der Waals surface area contributed by atoms with E-state index in [1.165, 1.54) is 17.2 Å². The summed E-state index contributed by atoms with van der Waals surface area (Å²) in [5, 5.41) is 12.8. The number of carbonyl (C=O) groups excluding carboxylic acids is 1. The molecule has 2 aromatic carbocycles. The summed E-state index contributed by atoms with van der Waals surface area (Å²) < 4.78 is 12.4. The Balaban J connectivity index is 1.74. The first-order valence-corrected chi connectivity index (χ1v) is 11.7. The van der Waals surface area contributed by atoms with Gasteiger partial charge in [0.15, 0.2) is 11.4 Å². The van der Waals surface area contributed by atoms with Crippen LogP contribution in [-0.2, 0) is 22.3 Å². The van der Waals surface area contributed by atoms with E-state index in [1.807, 2.05) is 29.3 Å². The fourth-order valence-electron chi connectivity index (χ4n) is 5.27. The third-order valence-electron chi connectivity index (χ3n) is 6.91. The number of nitrogens with zero attached hydrogens (tertiary/aromatic N) is 3. The molecule has 0 atom stereocenters. The van der Waals surface area contributed by atoms with E-state index in [-0.39, 0.29) is 31.6 Å². The molecule has 0 bridgehead atoms. The van der Waals surface area contributed by atoms with Crippen LogP contribution in [0.3, 0.4) is 0 Å². The maximum Gasteiger partial charge on any atom is 0.278 e. The lowest BCUT2D eigenvalue weighted by Gasteiger charge is -2.46. The number of pyridine rings is 1. The Bertz CT molecular complexity index is 1250. The van der Waals surface area contributed by atoms with E-state index in [4.69, 9.17) is 9.47 Å². The average molecular weight is 476 g/mol. The minimum Gasteiger partial charge on any atom is -0.502 e. The molecule has 182 valence electrons. The number of aromatic nitrogens is 1. The van der Waals surface area contributed by atoms with Gasteiger partial charge in [-0.2, -0.15) is 0 Å². The molecule has 0 saturated heterocycles. The van der Waals surface area contributed by atoms with Crippen LogP contribution in [0, 0.1) is 0 Å². The highest BCUT2D eigenvalue weighted by atomic mass is 16.5. The molecule has 8 nitrogen and oxygen atoms in total. The third kappa shape index (κ3) is 3.98. The lowest BCUT2D eigenvalue weighted by atomic mass is 9.94. The zero-order chi connectivity index (χ0) is 24.5. The number of amides is 1. The van der Waals surface area contributed by atoms with Gasteiger partial charge in [-0.1, -0.05) is 48.5 Å². The zero-order valence-electron chi connectivity index (χ0n) is 19.9. The van der Waals surface area contributed by atoms with Crippen LogP contribution in [0.15, 0.2) is 65.6 Å². The van der Waals surface area contributed by atoms with Crippen molar-refractivity contribution in [3.8, 4) is 5.75 Å². The monoisotopic (exact) mass is 475 g/mol. The predicted molar refractivity (Wildman–Crippen MR) is 131 cm³/mol. The van der Waals surface area contributed by atoms with Crippen molar-refractivity contribution >= 4 is 5.91 Å². The summed E-state index contributed by atoms with van der Waals surface area (Å²) in [6.07, 6.45) is 3.38. The molecule has 2 heterocycles. The van der Waals surface area contributed by atoms with Crippen molar-refractivity contribution in [2.75, 3.05) is 39.1 Å². The van der Waals surface area contributed by atoms with Crippen LogP contribution in [0.5, 0.6) is 5.75 Å². The van der Waals surface area contributed by atoms with Crippen molar-refractivity contribution in [1.82, 2.24) is 9.58 Å².